The van der Waals surface area contributed by atoms with Gasteiger partial charge in [-0.15, -0.1) is 0 Å². The normalized spacial score (nSPS) is 13.7. The second-order valence-corrected chi connectivity index (χ2v) is 8.97. The second kappa shape index (κ2) is 8.72. The molecule has 0 heterocycles. The van der Waals surface area contributed by atoms with Crippen molar-refractivity contribution in [3.05, 3.63) is 58.6 Å². The minimum absolute atomic E-state index is 0.333. The van der Waals surface area contributed by atoms with Gasteiger partial charge in [-0.2, -0.15) is 3.69 Å². The van der Waals surface area contributed by atoms with E-state index in [1.807, 2.05) is 18.2 Å². The summed E-state index contributed by atoms with van der Waals surface area (Å²) in [4.78, 5) is 0. The molecular weight excluding hydrogens is 388 g/mol. The van der Waals surface area contributed by atoms with Gasteiger partial charge in [0.05, 0.1) is 12.7 Å². The highest BCUT2D eigenvalue weighted by atomic mass is 79.9. The molecule has 0 saturated heterocycles. The monoisotopic (exact) mass is 404 g/mol. The maximum Gasteiger partial charge on any atom is 0.506 e. The van der Waals surface area contributed by atoms with Crippen molar-refractivity contribution >= 4 is 46.4 Å². The molecule has 0 bridgehead atoms. The average molecular weight is 406 g/mol. The van der Waals surface area contributed by atoms with Gasteiger partial charge in [0.25, 0.3) is 0 Å². The zero-order valence-corrected chi connectivity index (χ0v) is 16.7. The lowest BCUT2D eigenvalue weighted by Crippen LogP contribution is -2.09. The van der Waals surface area contributed by atoms with Crippen LogP contribution in [0, 0.1) is 0 Å². The van der Waals surface area contributed by atoms with Crippen molar-refractivity contribution in [2.24, 2.45) is 0 Å². The molecule has 1 saturated carbocycles. The van der Waals surface area contributed by atoms with Crippen molar-refractivity contribution in [2.45, 2.75) is 25.4 Å². The van der Waals surface area contributed by atoms with Crippen molar-refractivity contribution in [2.75, 3.05) is 13.2 Å². The van der Waals surface area contributed by atoms with E-state index in [1.54, 1.807) is 0 Å². The van der Waals surface area contributed by atoms with Gasteiger partial charge in [-0.25, -0.2) is 0 Å². The van der Waals surface area contributed by atoms with Gasteiger partial charge in [0.2, 0.25) is 0 Å². The molecule has 1 fully saturated rings. The van der Waals surface area contributed by atoms with Crippen molar-refractivity contribution < 1.29 is 9.47 Å². The Morgan fingerprint density at radius 3 is 2.57 bits per heavy atom. The average Bonchev–Trinajstić information content (AvgIpc) is 3.39. The number of hydrogen-bond acceptors (Lipinski definition) is 2. The molecule has 118 valence electrons. The summed E-state index contributed by atoms with van der Waals surface area (Å²) in [5.74, 6) is 0.890. The van der Waals surface area contributed by atoms with E-state index < -0.39 is 0 Å². The molecule has 0 unspecified atom stereocenters. The van der Waals surface area contributed by atoms with Crippen LogP contribution in [-0.2, 0) is 11.2 Å². The highest BCUT2D eigenvalue weighted by Crippen LogP contribution is 2.23. The SMILES string of the molecule is Clc1cc[c]([Mg][Br])cc1Cc1ccc(OCCOC2CC2)cc1. The highest BCUT2D eigenvalue weighted by molar-refractivity contribution is 9.23. The van der Waals surface area contributed by atoms with Crippen molar-refractivity contribution in [3.8, 4) is 5.75 Å². The Hall–Kier alpha value is -0.264. The van der Waals surface area contributed by atoms with Crippen LogP contribution in [0.25, 0.3) is 0 Å². The van der Waals surface area contributed by atoms with Crippen LogP contribution in [0.1, 0.15) is 24.0 Å². The molecule has 3 rings (SSSR count). The smallest absolute Gasteiger partial charge is 0.491 e. The van der Waals surface area contributed by atoms with Crippen molar-refractivity contribution in [1.82, 2.24) is 0 Å². The number of halogens is 2. The summed E-state index contributed by atoms with van der Waals surface area (Å²) >= 11 is 9.60. The summed E-state index contributed by atoms with van der Waals surface area (Å²) in [6.45, 7) is 1.28. The molecule has 2 aromatic carbocycles. The Morgan fingerprint density at radius 1 is 1.09 bits per heavy atom. The van der Waals surface area contributed by atoms with Crippen LogP contribution in [0.15, 0.2) is 42.5 Å². The second-order valence-electron chi connectivity index (χ2n) is 5.80. The van der Waals surface area contributed by atoms with E-state index in [2.05, 4.69) is 37.1 Å². The Balaban J connectivity index is 1.54. The van der Waals surface area contributed by atoms with Crippen molar-refractivity contribution in [1.29, 1.82) is 0 Å². The fourth-order valence-electron chi connectivity index (χ4n) is 2.38. The fraction of sp³-hybridized carbons (Fsp3) is 0.333. The predicted molar refractivity (Wildman–Crippen MR) is 99.5 cm³/mol. The van der Waals surface area contributed by atoms with E-state index in [9.17, 15) is 0 Å². The summed E-state index contributed by atoms with van der Waals surface area (Å²) in [6.07, 6.45) is 3.75. The fourth-order valence-corrected chi connectivity index (χ4v) is 4.14. The van der Waals surface area contributed by atoms with Gasteiger partial charge < -0.3 is 9.47 Å². The first-order chi connectivity index (χ1) is 11.2. The lowest BCUT2D eigenvalue weighted by Gasteiger charge is -2.09. The van der Waals surface area contributed by atoms with Crippen LogP contribution in [0.4, 0.5) is 0 Å². The summed E-state index contributed by atoms with van der Waals surface area (Å²) in [5, 5.41) is 0.834. The van der Waals surface area contributed by atoms with Crippen LogP contribution in [-0.4, -0.2) is 37.5 Å². The topological polar surface area (TPSA) is 18.5 Å². The Morgan fingerprint density at radius 2 is 1.87 bits per heavy atom. The summed E-state index contributed by atoms with van der Waals surface area (Å²) in [7, 11) is 0. The van der Waals surface area contributed by atoms with Crippen LogP contribution in [0.2, 0.25) is 5.02 Å². The molecule has 2 nitrogen and oxygen atoms in total. The van der Waals surface area contributed by atoms with Gasteiger partial charge in [-0.3, -0.25) is 12.9 Å². The minimum Gasteiger partial charge on any atom is -0.491 e. The van der Waals surface area contributed by atoms with Gasteiger partial charge in [-0.05, 0) is 48.6 Å². The molecule has 23 heavy (non-hydrogen) atoms. The number of hydrogen-bond donors (Lipinski definition) is 0. The van der Waals surface area contributed by atoms with E-state index >= 15 is 0 Å². The molecule has 0 amide bonds. The van der Waals surface area contributed by atoms with Gasteiger partial charge >= 0.3 is 18.2 Å². The Labute approximate surface area is 158 Å². The van der Waals surface area contributed by atoms with Crippen LogP contribution in [0.3, 0.4) is 0 Å². The largest absolute Gasteiger partial charge is 0.506 e. The molecule has 0 aromatic heterocycles. The lowest BCUT2D eigenvalue weighted by atomic mass is 10.0. The predicted octanol–water partition coefficient (Wildman–Crippen LogP) is 4.13. The molecule has 0 aliphatic heterocycles. The maximum absolute atomic E-state index is 6.31. The quantitative estimate of drug-likeness (QED) is 0.485. The van der Waals surface area contributed by atoms with Gasteiger partial charge in [-0.1, -0.05) is 35.9 Å². The van der Waals surface area contributed by atoms with Crippen LogP contribution < -0.4 is 8.43 Å². The molecule has 0 radical (unpaired) electrons. The zero-order valence-electron chi connectivity index (χ0n) is 12.9. The maximum atomic E-state index is 6.31. The summed E-state index contributed by atoms with van der Waals surface area (Å²) < 4.78 is 12.6. The Bertz CT molecular complexity index is 644. The van der Waals surface area contributed by atoms with E-state index in [1.165, 1.54) is 27.7 Å². The van der Waals surface area contributed by atoms with Gasteiger partial charge in [0.15, 0.2) is 0 Å². The van der Waals surface area contributed by atoms with E-state index in [0.29, 0.717) is 19.3 Å². The van der Waals surface area contributed by atoms with E-state index in [0.717, 1.165) is 17.2 Å². The number of benzene rings is 2. The molecule has 0 N–H and O–H groups in total. The molecular formula is C18H18BrClMgO2. The third-order valence-corrected chi connectivity index (χ3v) is 6.87. The van der Waals surface area contributed by atoms with Crippen molar-refractivity contribution in [3.63, 3.8) is 0 Å². The van der Waals surface area contributed by atoms with Crippen LogP contribution >= 0.6 is 24.5 Å². The highest BCUT2D eigenvalue weighted by Gasteiger charge is 2.21. The first-order valence-corrected chi connectivity index (χ1v) is 12.9. The summed E-state index contributed by atoms with van der Waals surface area (Å²) in [5.41, 5.74) is 2.42. The summed E-state index contributed by atoms with van der Waals surface area (Å²) in [6, 6.07) is 14.6. The lowest BCUT2D eigenvalue weighted by molar-refractivity contribution is 0.0881. The zero-order chi connectivity index (χ0) is 16.1. The third kappa shape index (κ3) is 5.64. The first kappa shape index (κ1) is 17.6. The van der Waals surface area contributed by atoms with Gasteiger partial charge in [0.1, 0.15) is 12.4 Å². The van der Waals surface area contributed by atoms with E-state index in [4.69, 9.17) is 21.1 Å². The molecule has 0 spiro atoms. The molecule has 1 aliphatic carbocycles. The number of rotatable bonds is 8. The first-order valence-electron chi connectivity index (χ1n) is 7.91. The van der Waals surface area contributed by atoms with Crippen LogP contribution in [0.5, 0.6) is 5.75 Å². The third-order valence-electron chi connectivity index (χ3n) is 3.81. The minimum atomic E-state index is -0.333. The van der Waals surface area contributed by atoms with Gasteiger partial charge in [0, 0.05) is 5.02 Å². The molecule has 0 atom stereocenters. The molecule has 5 heteroatoms. The number of ether oxygens (including phenoxy) is 2. The molecule has 1 aliphatic rings. The standard InChI is InChI=1S/C18H18ClO2.BrH.Mg/c19-18-4-2-1-3-15(18)13-14-5-7-16(8-6-14)20-11-12-21-17-9-10-17;;/h2-8,17H,9-13H2;1H;/q;;+1/p-1. The Kier molecular flexibility index (Phi) is 6.66. The molecule has 2 aromatic rings. The van der Waals surface area contributed by atoms with E-state index in [-0.39, 0.29) is 18.2 Å².